The van der Waals surface area contributed by atoms with E-state index < -0.39 is 0 Å². The molecule has 0 aliphatic heterocycles. The highest BCUT2D eigenvalue weighted by atomic mass is 16.1. The Hall–Kier alpha value is -0.830. The highest BCUT2D eigenvalue weighted by Gasteiger charge is 2.07. The third kappa shape index (κ3) is 1.54. The Labute approximate surface area is 53.9 Å². The summed E-state index contributed by atoms with van der Waals surface area (Å²) in [6.07, 6.45) is 4.08. The molecular formula is C6H10N2O. The molecule has 3 nitrogen and oxygen atoms in total. The van der Waals surface area contributed by atoms with Crippen molar-refractivity contribution in [2.75, 3.05) is 0 Å². The number of hydrogen-bond acceptors (Lipinski definition) is 3. The van der Waals surface area contributed by atoms with E-state index >= 15 is 0 Å². The highest BCUT2D eigenvalue weighted by molar-refractivity contribution is 5.90. The highest BCUT2D eigenvalue weighted by Crippen LogP contribution is 2.10. The van der Waals surface area contributed by atoms with Crippen molar-refractivity contribution < 1.29 is 4.79 Å². The molecule has 3 N–H and O–H groups in total. The van der Waals surface area contributed by atoms with Crippen molar-refractivity contribution in [1.29, 1.82) is 0 Å². The number of carbonyl (C=O) groups excluding carboxylic acids is 1. The van der Waals surface area contributed by atoms with Crippen LogP contribution in [-0.4, -0.2) is 5.78 Å². The van der Waals surface area contributed by atoms with Gasteiger partial charge in [-0.3, -0.25) is 10.6 Å². The first-order valence-electron chi connectivity index (χ1n) is 3.03. The molecule has 1 rings (SSSR count). The molecule has 1 aliphatic carbocycles. The van der Waals surface area contributed by atoms with E-state index in [-0.39, 0.29) is 5.78 Å². The van der Waals surface area contributed by atoms with E-state index in [1.807, 2.05) is 0 Å². The maximum atomic E-state index is 10.7. The molecule has 0 saturated heterocycles. The minimum atomic E-state index is 0.175. The lowest BCUT2D eigenvalue weighted by Crippen LogP contribution is -2.23. The van der Waals surface area contributed by atoms with Gasteiger partial charge in [0, 0.05) is 18.2 Å². The van der Waals surface area contributed by atoms with Crippen LogP contribution in [0.4, 0.5) is 0 Å². The molecule has 0 aromatic rings. The maximum Gasteiger partial charge on any atom is 0.157 e. The molecule has 0 radical (unpaired) electrons. The number of ketones is 1. The molecule has 1 aliphatic rings. The fourth-order valence-electron chi connectivity index (χ4n) is 0.906. The molecular weight excluding hydrogens is 116 g/mol. The first kappa shape index (κ1) is 6.29. The average molecular weight is 126 g/mol. The van der Waals surface area contributed by atoms with Gasteiger partial charge in [-0.2, -0.15) is 0 Å². The lowest BCUT2D eigenvalue weighted by molar-refractivity contribution is -0.115. The fraction of sp³-hybridized carbons (Fsp3) is 0.500. The van der Waals surface area contributed by atoms with Gasteiger partial charge in [-0.1, -0.05) is 0 Å². The van der Waals surface area contributed by atoms with E-state index in [1.54, 1.807) is 6.08 Å². The van der Waals surface area contributed by atoms with E-state index in [1.165, 1.54) is 0 Å². The molecule has 0 saturated carbocycles. The number of hydrogen-bond donors (Lipinski definition) is 2. The molecule has 0 bridgehead atoms. The number of nitrogens with two attached hydrogens (primary N) is 1. The summed E-state index contributed by atoms with van der Waals surface area (Å²) in [6, 6.07) is 0. The van der Waals surface area contributed by atoms with Crippen LogP contribution in [0.3, 0.4) is 0 Å². The standard InChI is InChI=1S/C6H10N2O/c7-8-5-2-1-3-6(9)4-5/h4,8H,1-3,7H2. The summed E-state index contributed by atoms with van der Waals surface area (Å²) in [7, 11) is 0. The first-order chi connectivity index (χ1) is 4.33. The van der Waals surface area contributed by atoms with Crippen LogP contribution in [-0.2, 0) is 4.79 Å². The Morgan fingerprint density at radius 2 is 2.33 bits per heavy atom. The van der Waals surface area contributed by atoms with Crippen LogP contribution in [0.5, 0.6) is 0 Å². The minimum absolute atomic E-state index is 0.175. The minimum Gasteiger partial charge on any atom is -0.328 e. The van der Waals surface area contributed by atoms with E-state index in [0.29, 0.717) is 6.42 Å². The lowest BCUT2D eigenvalue weighted by atomic mass is 10.0. The Balaban J connectivity index is 2.59. The maximum absolute atomic E-state index is 10.7. The molecule has 0 unspecified atom stereocenters. The Kier molecular flexibility index (Phi) is 1.85. The third-order valence-electron chi connectivity index (χ3n) is 1.39. The summed E-state index contributed by atoms with van der Waals surface area (Å²) in [6.45, 7) is 0. The molecule has 0 aromatic carbocycles. The largest absolute Gasteiger partial charge is 0.328 e. The average Bonchev–Trinajstić information content (AvgIpc) is 1.88. The van der Waals surface area contributed by atoms with Crippen LogP contribution in [0.1, 0.15) is 19.3 Å². The van der Waals surface area contributed by atoms with Gasteiger partial charge in [0.2, 0.25) is 0 Å². The molecule has 3 heteroatoms. The summed E-state index contributed by atoms with van der Waals surface area (Å²) >= 11 is 0. The Bertz CT molecular complexity index is 151. The number of hydrazine groups is 1. The van der Waals surface area contributed by atoms with Crippen molar-refractivity contribution in [2.45, 2.75) is 19.3 Å². The second-order valence-electron chi connectivity index (χ2n) is 2.13. The number of allylic oxidation sites excluding steroid dienone is 2. The van der Waals surface area contributed by atoms with E-state index in [0.717, 1.165) is 18.5 Å². The van der Waals surface area contributed by atoms with Gasteiger partial charge in [-0.25, -0.2) is 0 Å². The molecule has 9 heavy (non-hydrogen) atoms. The van der Waals surface area contributed by atoms with Gasteiger partial charge >= 0.3 is 0 Å². The van der Waals surface area contributed by atoms with Gasteiger partial charge in [0.05, 0.1) is 0 Å². The summed E-state index contributed by atoms with van der Waals surface area (Å²) in [4.78, 5) is 10.7. The predicted octanol–water partition coefficient (Wildman–Crippen LogP) is 0.0866. The van der Waals surface area contributed by atoms with Crippen LogP contribution in [0, 0.1) is 0 Å². The normalized spacial score (nSPS) is 19.2. The first-order valence-corrected chi connectivity index (χ1v) is 3.03. The third-order valence-corrected chi connectivity index (χ3v) is 1.39. The SMILES string of the molecule is NNC1=CC(=O)CCC1. The van der Waals surface area contributed by atoms with E-state index in [2.05, 4.69) is 5.43 Å². The summed E-state index contributed by atoms with van der Waals surface area (Å²) < 4.78 is 0. The van der Waals surface area contributed by atoms with Crippen LogP contribution in [0.25, 0.3) is 0 Å². The molecule has 0 amide bonds. The second-order valence-corrected chi connectivity index (χ2v) is 2.13. The van der Waals surface area contributed by atoms with E-state index in [9.17, 15) is 4.79 Å². The predicted molar refractivity (Wildman–Crippen MR) is 34.3 cm³/mol. The van der Waals surface area contributed by atoms with Crippen molar-refractivity contribution in [3.05, 3.63) is 11.8 Å². The molecule has 0 aromatic heterocycles. The zero-order valence-electron chi connectivity index (χ0n) is 5.18. The monoisotopic (exact) mass is 126 g/mol. The fourth-order valence-corrected chi connectivity index (χ4v) is 0.906. The molecule has 0 fully saturated rings. The lowest BCUT2D eigenvalue weighted by Gasteiger charge is -2.09. The Morgan fingerprint density at radius 3 is 2.78 bits per heavy atom. The van der Waals surface area contributed by atoms with E-state index in [4.69, 9.17) is 5.84 Å². The second kappa shape index (κ2) is 2.64. The van der Waals surface area contributed by atoms with Gasteiger partial charge in [-0.05, 0) is 12.8 Å². The van der Waals surface area contributed by atoms with Gasteiger partial charge < -0.3 is 5.43 Å². The van der Waals surface area contributed by atoms with Gasteiger partial charge in [0.15, 0.2) is 5.78 Å². The zero-order valence-corrected chi connectivity index (χ0v) is 5.18. The summed E-state index contributed by atoms with van der Waals surface area (Å²) in [5.41, 5.74) is 3.33. The van der Waals surface area contributed by atoms with Crippen LogP contribution in [0.2, 0.25) is 0 Å². The number of rotatable bonds is 1. The van der Waals surface area contributed by atoms with Crippen molar-refractivity contribution in [3.8, 4) is 0 Å². The summed E-state index contributed by atoms with van der Waals surface area (Å²) in [5, 5.41) is 0. The number of carbonyl (C=O) groups is 1. The summed E-state index contributed by atoms with van der Waals surface area (Å²) in [5.74, 6) is 5.27. The van der Waals surface area contributed by atoms with Crippen molar-refractivity contribution >= 4 is 5.78 Å². The van der Waals surface area contributed by atoms with Crippen LogP contribution in [0.15, 0.2) is 11.8 Å². The van der Waals surface area contributed by atoms with Gasteiger partial charge in [0.1, 0.15) is 0 Å². The van der Waals surface area contributed by atoms with Crippen LogP contribution < -0.4 is 11.3 Å². The smallest absolute Gasteiger partial charge is 0.157 e. The van der Waals surface area contributed by atoms with Crippen molar-refractivity contribution in [1.82, 2.24) is 5.43 Å². The molecule has 0 spiro atoms. The molecule has 50 valence electrons. The zero-order chi connectivity index (χ0) is 6.69. The number of nitrogens with one attached hydrogen (secondary N) is 1. The molecule has 0 heterocycles. The van der Waals surface area contributed by atoms with Crippen molar-refractivity contribution in [3.63, 3.8) is 0 Å². The van der Waals surface area contributed by atoms with Gasteiger partial charge in [-0.15, -0.1) is 0 Å². The quantitative estimate of drug-likeness (QED) is 0.386. The van der Waals surface area contributed by atoms with Crippen LogP contribution >= 0.6 is 0 Å². The Morgan fingerprint density at radius 1 is 1.56 bits per heavy atom. The topological polar surface area (TPSA) is 55.1 Å². The van der Waals surface area contributed by atoms with Gasteiger partial charge in [0.25, 0.3) is 0 Å². The molecule has 0 atom stereocenters. The van der Waals surface area contributed by atoms with Crippen molar-refractivity contribution in [2.24, 2.45) is 5.84 Å².